The van der Waals surface area contributed by atoms with Gasteiger partial charge in [-0.1, -0.05) is 37.6 Å². The van der Waals surface area contributed by atoms with E-state index in [0.29, 0.717) is 18.0 Å². The van der Waals surface area contributed by atoms with Crippen molar-refractivity contribution in [3.8, 4) is 11.3 Å². The average molecular weight is 482 g/mol. The molecule has 0 radical (unpaired) electrons. The van der Waals surface area contributed by atoms with Crippen LogP contribution in [0.2, 0.25) is 0 Å². The van der Waals surface area contributed by atoms with E-state index in [4.69, 9.17) is 4.98 Å². The lowest BCUT2D eigenvalue weighted by Gasteiger charge is -2.31. The number of aromatic nitrogens is 2. The van der Waals surface area contributed by atoms with Crippen LogP contribution in [0.1, 0.15) is 56.7 Å². The van der Waals surface area contributed by atoms with E-state index in [9.17, 15) is 13.2 Å². The Kier molecular flexibility index (Phi) is 7.39. The summed E-state index contributed by atoms with van der Waals surface area (Å²) in [5.74, 6) is 1.61. The van der Waals surface area contributed by atoms with E-state index in [1.807, 2.05) is 31.5 Å². The van der Waals surface area contributed by atoms with Crippen LogP contribution in [0.4, 0.5) is 19.0 Å². The van der Waals surface area contributed by atoms with Gasteiger partial charge in [-0.2, -0.15) is 13.2 Å². The quantitative estimate of drug-likeness (QED) is 0.308. The van der Waals surface area contributed by atoms with E-state index in [0.717, 1.165) is 48.1 Å². The van der Waals surface area contributed by atoms with Crippen LogP contribution in [-0.4, -0.2) is 16.1 Å². The monoisotopic (exact) mass is 481 g/mol. The van der Waals surface area contributed by atoms with E-state index in [-0.39, 0.29) is 0 Å². The highest BCUT2D eigenvalue weighted by atomic mass is 19.4. The number of alkyl halides is 3. The molecule has 186 valence electrons. The molecule has 1 aliphatic rings. The minimum Gasteiger partial charge on any atom is -0.341 e. The number of hydrogen-bond acceptors (Lipinski definition) is 2. The van der Waals surface area contributed by atoms with E-state index in [2.05, 4.69) is 36.3 Å². The second-order valence-corrected chi connectivity index (χ2v) is 9.53. The third-order valence-electron chi connectivity index (χ3n) is 6.94. The molecular formula is C29H34F3N3. The van der Waals surface area contributed by atoms with Crippen molar-refractivity contribution in [1.29, 1.82) is 0 Å². The van der Waals surface area contributed by atoms with Crippen molar-refractivity contribution in [2.45, 2.75) is 66.1 Å². The standard InChI is InChI=1S/C29H34F3N3/c1-5-20(3)26(35(18-22-12-13-22)28-21(4)9-8-15-33-28)19-34-16-14-23(6-2)27(34)24-10-7-11-25(17-24)29(30,31)32/h7-11,14-17,22H,5-6,12-13,18-19H2,1-4H3/b26-20-. The van der Waals surface area contributed by atoms with Gasteiger partial charge in [-0.25, -0.2) is 4.98 Å². The van der Waals surface area contributed by atoms with Crippen molar-refractivity contribution in [3.05, 3.63) is 82.8 Å². The SMILES string of the molecule is CC/C(C)=C(/Cn1ccc(CC)c1-c1cccc(C(F)(F)F)c1)N(CC1CC1)c1ncccc1C. The molecule has 1 aliphatic carbocycles. The zero-order valence-electron chi connectivity index (χ0n) is 21.0. The Hall–Kier alpha value is -3.02. The van der Waals surface area contributed by atoms with E-state index < -0.39 is 11.7 Å². The molecular weight excluding hydrogens is 447 g/mol. The largest absolute Gasteiger partial charge is 0.416 e. The number of hydrogen-bond donors (Lipinski definition) is 0. The lowest BCUT2D eigenvalue weighted by Crippen LogP contribution is -2.30. The molecule has 3 aromatic rings. The van der Waals surface area contributed by atoms with Gasteiger partial charge in [-0.3, -0.25) is 0 Å². The summed E-state index contributed by atoms with van der Waals surface area (Å²) in [6, 6.07) is 11.8. The highest BCUT2D eigenvalue weighted by molar-refractivity contribution is 5.66. The summed E-state index contributed by atoms with van der Waals surface area (Å²) < 4.78 is 42.6. The Morgan fingerprint density at radius 1 is 1.11 bits per heavy atom. The molecule has 0 saturated heterocycles. The molecule has 6 heteroatoms. The Morgan fingerprint density at radius 2 is 1.89 bits per heavy atom. The van der Waals surface area contributed by atoms with Gasteiger partial charge in [0.25, 0.3) is 0 Å². The molecule has 4 rings (SSSR count). The van der Waals surface area contributed by atoms with Crippen molar-refractivity contribution in [2.75, 3.05) is 11.4 Å². The van der Waals surface area contributed by atoms with Crippen LogP contribution in [0.5, 0.6) is 0 Å². The third kappa shape index (κ3) is 5.63. The maximum atomic E-state index is 13.5. The van der Waals surface area contributed by atoms with Gasteiger partial charge in [0.1, 0.15) is 5.82 Å². The van der Waals surface area contributed by atoms with Gasteiger partial charge in [0.2, 0.25) is 0 Å². The Morgan fingerprint density at radius 3 is 2.51 bits per heavy atom. The number of anilines is 1. The molecule has 1 fully saturated rings. The number of pyridine rings is 1. The van der Waals surface area contributed by atoms with Crippen LogP contribution in [0, 0.1) is 12.8 Å². The second-order valence-electron chi connectivity index (χ2n) is 9.53. The molecule has 2 heterocycles. The Balaban J connectivity index is 1.80. The maximum absolute atomic E-state index is 13.5. The first-order valence-corrected chi connectivity index (χ1v) is 12.5. The van der Waals surface area contributed by atoms with Crippen molar-refractivity contribution in [2.24, 2.45) is 5.92 Å². The topological polar surface area (TPSA) is 21.1 Å². The van der Waals surface area contributed by atoms with Crippen molar-refractivity contribution >= 4 is 5.82 Å². The number of nitrogens with zero attached hydrogens (tertiary/aromatic N) is 3. The summed E-state index contributed by atoms with van der Waals surface area (Å²) in [6.45, 7) is 9.92. The van der Waals surface area contributed by atoms with Crippen LogP contribution < -0.4 is 4.90 Å². The molecule has 0 amide bonds. The Bertz CT molecular complexity index is 1200. The van der Waals surface area contributed by atoms with Gasteiger partial charge in [0.05, 0.1) is 17.8 Å². The number of rotatable bonds is 9. The van der Waals surface area contributed by atoms with Crippen molar-refractivity contribution in [1.82, 2.24) is 9.55 Å². The normalized spacial score (nSPS) is 14.7. The predicted octanol–water partition coefficient (Wildman–Crippen LogP) is 8.04. The fourth-order valence-corrected chi connectivity index (χ4v) is 4.59. The van der Waals surface area contributed by atoms with Gasteiger partial charge in [-0.05, 0) is 86.4 Å². The lowest BCUT2D eigenvalue weighted by molar-refractivity contribution is -0.137. The first-order valence-electron chi connectivity index (χ1n) is 12.5. The first-order chi connectivity index (χ1) is 16.7. The Labute approximate surface area is 206 Å². The molecule has 0 atom stereocenters. The molecule has 0 unspecified atom stereocenters. The summed E-state index contributed by atoms with van der Waals surface area (Å²) in [5, 5.41) is 0. The molecule has 0 aliphatic heterocycles. The molecule has 0 spiro atoms. The predicted molar refractivity (Wildman–Crippen MR) is 136 cm³/mol. The third-order valence-corrected chi connectivity index (χ3v) is 6.94. The molecule has 3 nitrogen and oxygen atoms in total. The van der Waals surface area contributed by atoms with E-state index in [1.54, 1.807) is 6.07 Å². The summed E-state index contributed by atoms with van der Waals surface area (Å²) in [6.07, 6.45) is 3.55. The number of aryl methyl sites for hydroxylation is 2. The lowest BCUT2D eigenvalue weighted by atomic mass is 10.0. The molecule has 0 N–H and O–H groups in total. The van der Waals surface area contributed by atoms with Crippen molar-refractivity contribution in [3.63, 3.8) is 0 Å². The van der Waals surface area contributed by atoms with Crippen LogP contribution in [0.3, 0.4) is 0 Å². The second kappa shape index (κ2) is 10.3. The summed E-state index contributed by atoms with van der Waals surface area (Å²) >= 11 is 0. The van der Waals surface area contributed by atoms with Gasteiger partial charge in [0, 0.05) is 24.6 Å². The summed E-state index contributed by atoms with van der Waals surface area (Å²) in [5.41, 5.74) is 5.42. The zero-order valence-corrected chi connectivity index (χ0v) is 21.0. The molecule has 1 aromatic carbocycles. The summed E-state index contributed by atoms with van der Waals surface area (Å²) in [4.78, 5) is 7.09. The first kappa shape index (κ1) is 25.1. The minimum atomic E-state index is -4.37. The van der Waals surface area contributed by atoms with Crippen molar-refractivity contribution < 1.29 is 13.2 Å². The molecule has 1 saturated carbocycles. The van der Waals surface area contributed by atoms with E-state index in [1.165, 1.54) is 36.2 Å². The highest BCUT2D eigenvalue weighted by Crippen LogP contribution is 2.37. The van der Waals surface area contributed by atoms with Gasteiger partial charge in [0.15, 0.2) is 0 Å². The highest BCUT2D eigenvalue weighted by Gasteiger charge is 2.31. The summed E-state index contributed by atoms with van der Waals surface area (Å²) in [7, 11) is 0. The zero-order chi connectivity index (χ0) is 25.2. The number of halogens is 3. The van der Waals surface area contributed by atoms with E-state index >= 15 is 0 Å². The van der Waals surface area contributed by atoms with Crippen LogP contribution in [0.15, 0.2) is 66.1 Å². The molecule has 0 bridgehead atoms. The fraction of sp³-hybridized carbons (Fsp3) is 0.414. The molecule has 2 aromatic heterocycles. The number of benzene rings is 1. The number of allylic oxidation sites excluding steroid dienone is 2. The van der Waals surface area contributed by atoms with Gasteiger partial charge in [-0.15, -0.1) is 0 Å². The maximum Gasteiger partial charge on any atom is 0.416 e. The van der Waals surface area contributed by atoms with Crippen LogP contribution in [-0.2, 0) is 19.1 Å². The average Bonchev–Trinajstić information content (AvgIpc) is 3.57. The van der Waals surface area contributed by atoms with Gasteiger partial charge >= 0.3 is 6.18 Å². The van der Waals surface area contributed by atoms with Crippen LogP contribution in [0.25, 0.3) is 11.3 Å². The molecule has 35 heavy (non-hydrogen) atoms. The van der Waals surface area contributed by atoms with Crippen LogP contribution >= 0.6 is 0 Å². The smallest absolute Gasteiger partial charge is 0.341 e. The fourth-order valence-electron chi connectivity index (χ4n) is 4.59. The van der Waals surface area contributed by atoms with Gasteiger partial charge < -0.3 is 9.47 Å². The minimum absolute atomic E-state index is 0.577.